The molecule has 0 fully saturated rings. The second-order valence-corrected chi connectivity index (χ2v) is 6.37. The van der Waals surface area contributed by atoms with Crippen LogP contribution in [-0.4, -0.2) is 10.8 Å². The Kier molecular flexibility index (Phi) is 3.77. The molecule has 5 nitrogen and oxygen atoms in total. The number of hydrogen-bond donors (Lipinski definition) is 1. The molecular weight excluding hydrogens is 328 g/mol. The van der Waals surface area contributed by atoms with Crippen LogP contribution in [0, 0.1) is 17.0 Å². The Bertz CT molecular complexity index is 1060. The summed E-state index contributed by atoms with van der Waals surface area (Å²) in [6.07, 6.45) is 0.838. The fourth-order valence-electron chi connectivity index (χ4n) is 3.49. The van der Waals surface area contributed by atoms with Crippen LogP contribution in [0.2, 0.25) is 0 Å². The minimum Gasteiger partial charge on any atom is -0.322 e. The molecule has 0 unspecified atom stereocenters. The van der Waals surface area contributed by atoms with Gasteiger partial charge in [0.2, 0.25) is 0 Å². The van der Waals surface area contributed by atoms with Crippen molar-refractivity contribution in [3.63, 3.8) is 0 Å². The van der Waals surface area contributed by atoms with Gasteiger partial charge in [-0.1, -0.05) is 36.4 Å². The van der Waals surface area contributed by atoms with Crippen molar-refractivity contribution >= 4 is 17.3 Å². The highest BCUT2D eigenvalue weighted by atomic mass is 16.6. The fourth-order valence-corrected chi connectivity index (χ4v) is 3.49. The number of nitro benzene ring substituents is 1. The van der Waals surface area contributed by atoms with Gasteiger partial charge in [-0.2, -0.15) is 0 Å². The van der Waals surface area contributed by atoms with E-state index in [4.69, 9.17) is 0 Å². The molecule has 3 aromatic carbocycles. The van der Waals surface area contributed by atoms with Crippen LogP contribution in [-0.2, 0) is 6.42 Å². The third-order valence-corrected chi connectivity index (χ3v) is 4.80. The van der Waals surface area contributed by atoms with Crippen LogP contribution in [0.25, 0.3) is 11.1 Å². The first-order valence-corrected chi connectivity index (χ1v) is 8.31. The van der Waals surface area contributed by atoms with E-state index >= 15 is 0 Å². The summed E-state index contributed by atoms with van der Waals surface area (Å²) < 4.78 is 0. The maximum atomic E-state index is 12.6. The molecule has 26 heavy (non-hydrogen) atoms. The number of amides is 1. The summed E-state index contributed by atoms with van der Waals surface area (Å²) in [4.78, 5) is 23.2. The number of benzene rings is 3. The average molecular weight is 344 g/mol. The first kappa shape index (κ1) is 16.0. The van der Waals surface area contributed by atoms with Gasteiger partial charge >= 0.3 is 0 Å². The van der Waals surface area contributed by atoms with E-state index in [0.717, 1.165) is 6.42 Å². The molecule has 0 saturated carbocycles. The van der Waals surface area contributed by atoms with E-state index in [0.29, 0.717) is 16.8 Å². The van der Waals surface area contributed by atoms with Crippen molar-refractivity contribution < 1.29 is 9.72 Å². The Morgan fingerprint density at radius 3 is 2.58 bits per heavy atom. The lowest BCUT2D eigenvalue weighted by molar-refractivity contribution is -0.385. The number of nitrogens with one attached hydrogen (secondary N) is 1. The lowest BCUT2D eigenvalue weighted by Crippen LogP contribution is -2.14. The van der Waals surface area contributed by atoms with Crippen LogP contribution in [0.4, 0.5) is 11.4 Å². The molecule has 1 aliphatic rings. The van der Waals surface area contributed by atoms with E-state index in [9.17, 15) is 14.9 Å². The highest BCUT2D eigenvalue weighted by Crippen LogP contribution is 2.37. The molecule has 0 radical (unpaired) electrons. The van der Waals surface area contributed by atoms with Crippen molar-refractivity contribution in [2.75, 3.05) is 5.32 Å². The summed E-state index contributed by atoms with van der Waals surface area (Å²) in [6, 6.07) is 18.6. The number of anilines is 1. The molecule has 0 heterocycles. The molecular formula is C21H16N2O3. The normalized spacial score (nSPS) is 11.6. The summed E-state index contributed by atoms with van der Waals surface area (Å²) >= 11 is 0. The molecule has 0 bridgehead atoms. The zero-order chi connectivity index (χ0) is 18.3. The van der Waals surface area contributed by atoms with Crippen molar-refractivity contribution in [1.82, 2.24) is 0 Å². The quantitative estimate of drug-likeness (QED) is 0.431. The molecule has 4 rings (SSSR count). The minimum absolute atomic E-state index is 0.0537. The number of rotatable bonds is 3. The van der Waals surface area contributed by atoms with E-state index in [1.807, 2.05) is 30.3 Å². The molecule has 1 aliphatic carbocycles. The molecule has 0 spiro atoms. The highest BCUT2D eigenvalue weighted by molar-refractivity contribution is 6.06. The molecule has 0 aliphatic heterocycles. The molecule has 5 heteroatoms. The van der Waals surface area contributed by atoms with Gasteiger partial charge in [0.15, 0.2) is 0 Å². The van der Waals surface area contributed by atoms with Crippen molar-refractivity contribution in [1.29, 1.82) is 0 Å². The van der Waals surface area contributed by atoms with Gasteiger partial charge in [-0.05, 0) is 53.8 Å². The summed E-state index contributed by atoms with van der Waals surface area (Å²) in [7, 11) is 0. The Morgan fingerprint density at radius 2 is 1.77 bits per heavy atom. The SMILES string of the molecule is Cc1c(C(=O)Nc2ccc3c(c2)Cc2ccccc2-3)cccc1[N+](=O)[O-]. The van der Waals surface area contributed by atoms with E-state index < -0.39 is 4.92 Å². The van der Waals surface area contributed by atoms with Crippen molar-refractivity contribution in [2.24, 2.45) is 0 Å². The maximum Gasteiger partial charge on any atom is 0.273 e. The van der Waals surface area contributed by atoms with Crippen LogP contribution < -0.4 is 5.32 Å². The monoisotopic (exact) mass is 344 g/mol. The summed E-state index contributed by atoms with van der Waals surface area (Å²) in [5, 5.41) is 13.9. The van der Waals surface area contributed by atoms with E-state index in [1.54, 1.807) is 13.0 Å². The van der Waals surface area contributed by atoms with Gasteiger partial charge in [0.25, 0.3) is 11.6 Å². The topological polar surface area (TPSA) is 72.2 Å². The van der Waals surface area contributed by atoms with E-state index in [2.05, 4.69) is 17.4 Å². The van der Waals surface area contributed by atoms with E-state index in [1.165, 1.54) is 34.4 Å². The van der Waals surface area contributed by atoms with Gasteiger partial charge in [-0.25, -0.2) is 0 Å². The Balaban J connectivity index is 1.61. The van der Waals surface area contributed by atoms with Crippen molar-refractivity contribution in [2.45, 2.75) is 13.3 Å². The third kappa shape index (κ3) is 2.63. The molecule has 128 valence electrons. The zero-order valence-corrected chi connectivity index (χ0v) is 14.2. The number of carbonyl (C=O) groups is 1. The Labute approximate surface area is 150 Å². The van der Waals surface area contributed by atoms with Gasteiger partial charge in [0.05, 0.1) is 4.92 Å². The number of carbonyl (C=O) groups excluding carboxylic acids is 1. The molecule has 0 aromatic heterocycles. The number of nitrogens with zero attached hydrogens (tertiary/aromatic N) is 1. The zero-order valence-electron chi connectivity index (χ0n) is 14.2. The summed E-state index contributed by atoms with van der Waals surface area (Å²) in [5.41, 5.74) is 6.17. The van der Waals surface area contributed by atoms with Crippen LogP contribution in [0.1, 0.15) is 27.0 Å². The number of nitro groups is 1. The second-order valence-electron chi connectivity index (χ2n) is 6.37. The van der Waals surface area contributed by atoms with Gasteiger partial charge in [-0.3, -0.25) is 14.9 Å². The number of fused-ring (bicyclic) bond motifs is 3. The third-order valence-electron chi connectivity index (χ3n) is 4.80. The first-order valence-electron chi connectivity index (χ1n) is 8.31. The van der Waals surface area contributed by atoms with Crippen LogP contribution in [0.3, 0.4) is 0 Å². The smallest absolute Gasteiger partial charge is 0.273 e. The predicted octanol–water partition coefficient (Wildman–Crippen LogP) is 4.73. The summed E-state index contributed by atoms with van der Waals surface area (Å²) in [6.45, 7) is 1.59. The predicted molar refractivity (Wildman–Crippen MR) is 100 cm³/mol. The van der Waals surface area contributed by atoms with Gasteiger partial charge in [0, 0.05) is 22.9 Å². The van der Waals surface area contributed by atoms with Gasteiger partial charge in [-0.15, -0.1) is 0 Å². The highest BCUT2D eigenvalue weighted by Gasteiger charge is 2.20. The largest absolute Gasteiger partial charge is 0.322 e. The second kappa shape index (κ2) is 6.11. The van der Waals surface area contributed by atoms with Crippen LogP contribution >= 0.6 is 0 Å². The Morgan fingerprint density at radius 1 is 1.00 bits per heavy atom. The molecule has 0 saturated heterocycles. The van der Waals surface area contributed by atoms with Crippen molar-refractivity contribution in [3.8, 4) is 11.1 Å². The van der Waals surface area contributed by atoms with E-state index in [-0.39, 0.29) is 11.6 Å². The Hall–Kier alpha value is -3.47. The lowest BCUT2D eigenvalue weighted by atomic mass is 10.0. The van der Waals surface area contributed by atoms with Crippen LogP contribution in [0.5, 0.6) is 0 Å². The number of hydrogen-bond acceptors (Lipinski definition) is 3. The van der Waals surface area contributed by atoms with Gasteiger partial charge in [0.1, 0.15) is 0 Å². The van der Waals surface area contributed by atoms with Crippen LogP contribution in [0.15, 0.2) is 60.7 Å². The molecule has 1 N–H and O–H groups in total. The lowest BCUT2D eigenvalue weighted by Gasteiger charge is -2.09. The molecule has 0 atom stereocenters. The standard InChI is InChI=1S/C21H16N2O3/c1-13-17(7-4-8-20(13)23(25)26)21(24)22-16-9-10-19-15(12-16)11-14-5-2-3-6-18(14)19/h2-10,12H,11H2,1H3,(H,22,24). The fraction of sp³-hybridized carbons (Fsp3) is 0.0952. The molecule has 3 aromatic rings. The van der Waals surface area contributed by atoms with Gasteiger partial charge < -0.3 is 5.32 Å². The summed E-state index contributed by atoms with van der Waals surface area (Å²) in [5.74, 6) is -0.346. The maximum absolute atomic E-state index is 12.6. The average Bonchev–Trinajstić information content (AvgIpc) is 2.99. The van der Waals surface area contributed by atoms with Crippen molar-refractivity contribution in [3.05, 3.63) is 93.0 Å². The first-order chi connectivity index (χ1) is 12.5. The minimum atomic E-state index is -0.473. The molecule has 1 amide bonds.